The summed E-state index contributed by atoms with van der Waals surface area (Å²) in [5.74, 6) is 0.363. The minimum Gasteiger partial charge on any atom is -0.490 e. The Morgan fingerprint density at radius 2 is 1.95 bits per heavy atom. The highest BCUT2D eigenvalue weighted by atomic mass is 16.5. The van der Waals surface area contributed by atoms with Crippen molar-refractivity contribution in [1.82, 2.24) is 5.32 Å². The van der Waals surface area contributed by atoms with Crippen molar-refractivity contribution in [3.63, 3.8) is 0 Å². The van der Waals surface area contributed by atoms with Crippen molar-refractivity contribution in [3.05, 3.63) is 23.8 Å². The van der Waals surface area contributed by atoms with Crippen molar-refractivity contribution in [2.24, 2.45) is 0 Å². The first kappa shape index (κ1) is 14.7. The summed E-state index contributed by atoms with van der Waals surface area (Å²) in [5.41, 5.74) is -0.498. The molecule has 2 rings (SSSR count). The van der Waals surface area contributed by atoms with Gasteiger partial charge in [-0.2, -0.15) is 0 Å². The third-order valence-corrected chi connectivity index (χ3v) is 3.33. The van der Waals surface area contributed by atoms with Gasteiger partial charge in [0.05, 0.1) is 13.2 Å². The summed E-state index contributed by atoms with van der Waals surface area (Å²) >= 11 is 0. The summed E-state index contributed by atoms with van der Waals surface area (Å²) in [7, 11) is 0. The van der Waals surface area contributed by atoms with E-state index in [9.17, 15) is 9.90 Å². The maximum absolute atomic E-state index is 11.7. The van der Waals surface area contributed by atoms with Crippen LogP contribution in [0.4, 0.5) is 0 Å². The Hall–Kier alpha value is -1.75. The molecule has 1 aromatic rings. The van der Waals surface area contributed by atoms with Gasteiger partial charge in [0.2, 0.25) is 0 Å². The number of benzene rings is 1. The number of carboxylic acids is 1. The Labute approximate surface area is 118 Å². The molecule has 0 saturated carbocycles. The molecule has 2 N–H and O–H groups in total. The molecule has 0 fully saturated rings. The number of nitrogens with one attached hydrogen (secondary N) is 1. The lowest BCUT2D eigenvalue weighted by Crippen LogP contribution is -2.49. The summed E-state index contributed by atoms with van der Waals surface area (Å²) < 4.78 is 11.2. The quantitative estimate of drug-likeness (QED) is 0.884. The molecule has 0 spiro atoms. The molecular formula is C15H21NO4. The molecule has 0 aromatic heterocycles. The highest BCUT2D eigenvalue weighted by Gasteiger charge is 2.36. The first-order chi connectivity index (χ1) is 9.43. The van der Waals surface area contributed by atoms with Crippen molar-refractivity contribution in [3.8, 4) is 11.5 Å². The van der Waals surface area contributed by atoms with Gasteiger partial charge in [-0.1, -0.05) is 6.07 Å². The molecule has 1 heterocycles. The standard InChI is InChI=1S/C15H21NO4/c1-10(2)16-15(3,14(17)18)11-5-6-12-13(9-11)20-8-4-7-19-12/h5-6,9-10,16H,4,7-8H2,1-3H3,(H,17,18). The van der Waals surface area contributed by atoms with Crippen LogP contribution in [-0.4, -0.2) is 30.3 Å². The van der Waals surface area contributed by atoms with E-state index >= 15 is 0 Å². The lowest BCUT2D eigenvalue weighted by Gasteiger charge is -2.29. The highest BCUT2D eigenvalue weighted by Crippen LogP contribution is 2.34. The predicted molar refractivity (Wildman–Crippen MR) is 75.3 cm³/mol. The van der Waals surface area contributed by atoms with Crippen LogP contribution in [0.3, 0.4) is 0 Å². The van der Waals surface area contributed by atoms with Gasteiger partial charge in [0.15, 0.2) is 11.5 Å². The van der Waals surface area contributed by atoms with Gasteiger partial charge in [-0.15, -0.1) is 0 Å². The molecule has 1 aliphatic heterocycles. The highest BCUT2D eigenvalue weighted by molar-refractivity contribution is 5.80. The van der Waals surface area contributed by atoms with E-state index in [-0.39, 0.29) is 6.04 Å². The van der Waals surface area contributed by atoms with Gasteiger partial charge in [-0.05, 0) is 38.5 Å². The zero-order chi connectivity index (χ0) is 14.8. The summed E-state index contributed by atoms with van der Waals surface area (Å²) in [5, 5.41) is 12.7. The van der Waals surface area contributed by atoms with E-state index in [4.69, 9.17) is 9.47 Å². The molecule has 0 amide bonds. The molecule has 0 bridgehead atoms. The minimum absolute atomic E-state index is 0.0482. The van der Waals surface area contributed by atoms with Gasteiger partial charge in [0.25, 0.3) is 0 Å². The molecule has 0 saturated heterocycles. The first-order valence-electron chi connectivity index (χ1n) is 6.84. The van der Waals surface area contributed by atoms with E-state index in [2.05, 4.69) is 5.32 Å². The molecule has 20 heavy (non-hydrogen) atoms. The Balaban J connectivity index is 2.39. The fraction of sp³-hybridized carbons (Fsp3) is 0.533. The molecule has 1 unspecified atom stereocenters. The van der Waals surface area contributed by atoms with Gasteiger partial charge >= 0.3 is 5.97 Å². The number of fused-ring (bicyclic) bond motifs is 1. The second kappa shape index (κ2) is 5.71. The Morgan fingerprint density at radius 1 is 1.30 bits per heavy atom. The Bertz CT molecular complexity index is 501. The zero-order valence-corrected chi connectivity index (χ0v) is 12.1. The van der Waals surface area contributed by atoms with Crippen LogP contribution in [0, 0.1) is 0 Å². The first-order valence-corrected chi connectivity index (χ1v) is 6.84. The lowest BCUT2D eigenvalue weighted by atomic mass is 9.91. The van der Waals surface area contributed by atoms with E-state index in [1.807, 2.05) is 13.8 Å². The van der Waals surface area contributed by atoms with Crippen LogP contribution in [-0.2, 0) is 10.3 Å². The summed E-state index contributed by atoms with van der Waals surface area (Å²) in [6.07, 6.45) is 0.824. The maximum atomic E-state index is 11.7. The second-order valence-corrected chi connectivity index (χ2v) is 5.44. The lowest BCUT2D eigenvalue weighted by molar-refractivity contribution is -0.144. The summed E-state index contributed by atoms with van der Waals surface area (Å²) in [4.78, 5) is 11.7. The summed E-state index contributed by atoms with van der Waals surface area (Å²) in [6.45, 7) is 6.70. The van der Waals surface area contributed by atoms with Crippen LogP contribution in [0.25, 0.3) is 0 Å². The van der Waals surface area contributed by atoms with Crippen molar-refractivity contribution in [2.45, 2.75) is 38.8 Å². The smallest absolute Gasteiger partial charge is 0.328 e. The molecule has 5 nitrogen and oxygen atoms in total. The van der Waals surface area contributed by atoms with Crippen molar-refractivity contribution < 1.29 is 19.4 Å². The minimum atomic E-state index is -1.15. The van der Waals surface area contributed by atoms with E-state index in [0.717, 1.165) is 6.42 Å². The molecule has 0 radical (unpaired) electrons. The van der Waals surface area contributed by atoms with Crippen molar-refractivity contribution >= 4 is 5.97 Å². The molecular weight excluding hydrogens is 258 g/mol. The maximum Gasteiger partial charge on any atom is 0.328 e. The fourth-order valence-corrected chi connectivity index (χ4v) is 2.32. The third-order valence-electron chi connectivity index (χ3n) is 3.33. The van der Waals surface area contributed by atoms with E-state index in [0.29, 0.717) is 30.3 Å². The largest absolute Gasteiger partial charge is 0.490 e. The van der Waals surface area contributed by atoms with E-state index < -0.39 is 11.5 Å². The predicted octanol–water partition coefficient (Wildman–Crippen LogP) is 2.15. The Kier molecular flexibility index (Phi) is 4.18. The van der Waals surface area contributed by atoms with Gasteiger partial charge < -0.3 is 14.6 Å². The Morgan fingerprint density at radius 3 is 2.55 bits per heavy atom. The topological polar surface area (TPSA) is 67.8 Å². The summed E-state index contributed by atoms with van der Waals surface area (Å²) in [6, 6.07) is 5.35. The van der Waals surface area contributed by atoms with Crippen LogP contribution < -0.4 is 14.8 Å². The average molecular weight is 279 g/mol. The number of rotatable bonds is 4. The fourth-order valence-electron chi connectivity index (χ4n) is 2.32. The van der Waals surface area contributed by atoms with E-state index in [1.165, 1.54) is 0 Å². The van der Waals surface area contributed by atoms with Crippen molar-refractivity contribution in [1.29, 1.82) is 0 Å². The van der Waals surface area contributed by atoms with Crippen LogP contribution >= 0.6 is 0 Å². The number of aliphatic carboxylic acids is 1. The number of carboxylic acid groups (broad SMARTS) is 1. The van der Waals surface area contributed by atoms with Gasteiger partial charge in [-0.3, -0.25) is 5.32 Å². The third kappa shape index (κ3) is 2.88. The number of carbonyl (C=O) groups is 1. The monoisotopic (exact) mass is 279 g/mol. The van der Waals surface area contributed by atoms with Crippen LogP contribution in [0.2, 0.25) is 0 Å². The van der Waals surface area contributed by atoms with E-state index in [1.54, 1.807) is 25.1 Å². The molecule has 1 atom stereocenters. The average Bonchev–Trinajstić information content (AvgIpc) is 2.61. The molecule has 110 valence electrons. The molecule has 1 aliphatic rings. The van der Waals surface area contributed by atoms with Crippen LogP contribution in [0.5, 0.6) is 11.5 Å². The van der Waals surface area contributed by atoms with Gasteiger partial charge in [0.1, 0.15) is 5.54 Å². The van der Waals surface area contributed by atoms with Crippen molar-refractivity contribution in [2.75, 3.05) is 13.2 Å². The van der Waals surface area contributed by atoms with Crippen LogP contribution in [0.15, 0.2) is 18.2 Å². The SMILES string of the molecule is CC(C)NC(C)(C(=O)O)c1ccc2c(c1)OCCCO2. The van der Waals surface area contributed by atoms with Crippen LogP contribution in [0.1, 0.15) is 32.8 Å². The van der Waals surface area contributed by atoms with Gasteiger partial charge in [-0.25, -0.2) is 4.79 Å². The normalized spacial score (nSPS) is 17.4. The number of ether oxygens (including phenoxy) is 2. The molecule has 0 aliphatic carbocycles. The van der Waals surface area contributed by atoms with Gasteiger partial charge in [0, 0.05) is 12.5 Å². The zero-order valence-electron chi connectivity index (χ0n) is 12.1. The second-order valence-electron chi connectivity index (χ2n) is 5.44. The molecule has 5 heteroatoms. The molecule has 1 aromatic carbocycles. The number of hydrogen-bond acceptors (Lipinski definition) is 4. The number of hydrogen-bond donors (Lipinski definition) is 2.